The summed E-state index contributed by atoms with van der Waals surface area (Å²) in [7, 11) is 1.57. The van der Waals surface area contributed by atoms with Crippen molar-refractivity contribution in [3.8, 4) is 5.75 Å². The summed E-state index contributed by atoms with van der Waals surface area (Å²) in [6, 6.07) is 5.35. The van der Waals surface area contributed by atoms with E-state index in [1.54, 1.807) is 25.4 Å². The molecule has 1 aromatic heterocycles. The maximum absolute atomic E-state index is 6.07. The first-order valence-corrected chi connectivity index (χ1v) is 4.76. The molecule has 0 unspecified atom stereocenters. The summed E-state index contributed by atoms with van der Waals surface area (Å²) in [5, 5.41) is 1.96. The molecule has 2 aromatic rings. The van der Waals surface area contributed by atoms with Gasteiger partial charge in [0, 0.05) is 11.6 Å². The van der Waals surface area contributed by atoms with Crippen LogP contribution in [-0.2, 0) is 0 Å². The lowest BCUT2D eigenvalue weighted by Gasteiger charge is -2.06. The number of aromatic nitrogens is 1. The van der Waals surface area contributed by atoms with Crippen molar-refractivity contribution in [3.63, 3.8) is 0 Å². The van der Waals surface area contributed by atoms with Crippen LogP contribution >= 0.6 is 23.2 Å². The molecule has 0 bridgehead atoms. The van der Waals surface area contributed by atoms with E-state index in [0.29, 0.717) is 21.3 Å². The zero-order chi connectivity index (χ0) is 10.1. The molecular weight excluding hydrogens is 221 g/mol. The van der Waals surface area contributed by atoms with Gasteiger partial charge in [0.05, 0.1) is 17.6 Å². The Balaban J connectivity index is 2.84. The second-order valence-corrected chi connectivity index (χ2v) is 3.56. The van der Waals surface area contributed by atoms with Gasteiger partial charge in [0.25, 0.3) is 0 Å². The van der Waals surface area contributed by atoms with Gasteiger partial charge in [-0.15, -0.1) is 0 Å². The summed E-state index contributed by atoms with van der Waals surface area (Å²) >= 11 is 12.1. The maximum Gasteiger partial charge on any atom is 0.139 e. The van der Waals surface area contributed by atoms with Crippen LogP contribution in [0.4, 0.5) is 0 Å². The molecule has 0 atom stereocenters. The van der Waals surface area contributed by atoms with Crippen molar-refractivity contribution in [2.75, 3.05) is 7.11 Å². The van der Waals surface area contributed by atoms with Crippen molar-refractivity contribution in [1.29, 1.82) is 0 Å². The van der Waals surface area contributed by atoms with Crippen molar-refractivity contribution in [2.24, 2.45) is 0 Å². The standard InChI is InChI=1S/C10H7Cl2NO/c1-14-8-3-2-6-7(11)4-5-13-10(6)9(8)12/h2-5H,1H3. The molecule has 0 aliphatic rings. The highest BCUT2D eigenvalue weighted by Crippen LogP contribution is 2.33. The fraction of sp³-hybridized carbons (Fsp3) is 0.100. The van der Waals surface area contributed by atoms with Crippen molar-refractivity contribution in [1.82, 2.24) is 4.98 Å². The van der Waals surface area contributed by atoms with E-state index in [9.17, 15) is 0 Å². The first kappa shape index (κ1) is 9.56. The number of methoxy groups -OCH3 is 1. The molecule has 2 rings (SSSR count). The van der Waals surface area contributed by atoms with Crippen LogP contribution in [0.15, 0.2) is 24.4 Å². The topological polar surface area (TPSA) is 22.1 Å². The van der Waals surface area contributed by atoms with E-state index in [1.807, 2.05) is 6.07 Å². The zero-order valence-corrected chi connectivity index (χ0v) is 8.93. The van der Waals surface area contributed by atoms with E-state index in [0.717, 1.165) is 5.39 Å². The minimum atomic E-state index is 0.493. The highest BCUT2D eigenvalue weighted by Gasteiger charge is 2.08. The number of nitrogens with zero attached hydrogens (tertiary/aromatic N) is 1. The summed E-state index contributed by atoms with van der Waals surface area (Å²) in [5.74, 6) is 0.605. The monoisotopic (exact) mass is 227 g/mol. The van der Waals surface area contributed by atoms with Crippen LogP contribution in [0.1, 0.15) is 0 Å². The lowest BCUT2D eigenvalue weighted by Crippen LogP contribution is -1.87. The Labute approximate surface area is 91.4 Å². The molecule has 0 aliphatic carbocycles. The van der Waals surface area contributed by atoms with Gasteiger partial charge in [-0.2, -0.15) is 0 Å². The zero-order valence-electron chi connectivity index (χ0n) is 7.42. The van der Waals surface area contributed by atoms with Crippen molar-refractivity contribution >= 4 is 34.1 Å². The summed E-state index contributed by atoms with van der Waals surface area (Å²) in [4.78, 5) is 4.15. The Kier molecular flexibility index (Phi) is 2.48. The molecule has 0 saturated carbocycles. The van der Waals surface area contributed by atoms with E-state index in [1.165, 1.54) is 0 Å². The van der Waals surface area contributed by atoms with E-state index in [4.69, 9.17) is 27.9 Å². The highest BCUT2D eigenvalue weighted by molar-refractivity contribution is 6.39. The average molecular weight is 228 g/mol. The fourth-order valence-electron chi connectivity index (χ4n) is 1.29. The van der Waals surface area contributed by atoms with E-state index < -0.39 is 0 Å². The van der Waals surface area contributed by atoms with E-state index >= 15 is 0 Å². The molecule has 0 amide bonds. The Morgan fingerprint density at radius 3 is 2.71 bits per heavy atom. The van der Waals surface area contributed by atoms with Gasteiger partial charge in [-0.3, -0.25) is 4.98 Å². The molecule has 0 fully saturated rings. The third-order valence-electron chi connectivity index (χ3n) is 1.98. The predicted octanol–water partition coefficient (Wildman–Crippen LogP) is 3.55. The van der Waals surface area contributed by atoms with Gasteiger partial charge in [-0.1, -0.05) is 23.2 Å². The maximum atomic E-state index is 6.07. The normalized spacial score (nSPS) is 10.5. The lowest BCUT2D eigenvalue weighted by atomic mass is 10.2. The molecule has 0 radical (unpaired) electrons. The molecule has 1 aromatic carbocycles. The summed E-state index contributed by atoms with van der Waals surface area (Å²) < 4.78 is 5.08. The van der Waals surface area contributed by atoms with Gasteiger partial charge < -0.3 is 4.74 Å². The van der Waals surface area contributed by atoms with Gasteiger partial charge in [0.15, 0.2) is 0 Å². The first-order valence-electron chi connectivity index (χ1n) is 4.00. The van der Waals surface area contributed by atoms with Crippen LogP contribution in [0, 0.1) is 0 Å². The molecule has 2 nitrogen and oxygen atoms in total. The molecule has 4 heteroatoms. The molecule has 14 heavy (non-hydrogen) atoms. The van der Waals surface area contributed by atoms with Gasteiger partial charge in [-0.05, 0) is 18.2 Å². The van der Waals surface area contributed by atoms with Crippen LogP contribution in [0.3, 0.4) is 0 Å². The Morgan fingerprint density at radius 1 is 1.21 bits per heavy atom. The molecule has 0 saturated heterocycles. The SMILES string of the molecule is COc1ccc2c(Cl)ccnc2c1Cl. The van der Waals surface area contributed by atoms with Crippen LogP contribution in [0.25, 0.3) is 10.9 Å². The number of ether oxygens (including phenoxy) is 1. The Bertz CT molecular complexity index is 485. The second kappa shape index (κ2) is 3.64. The minimum Gasteiger partial charge on any atom is -0.495 e. The average Bonchev–Trinajstić information content (AvgIpc) is 2.20. The van der Waals surface area contributed by atoms with Crippen LogP contribution < -0.4 is 4.74 Å². The van der Waals surface area contributed by atoms with Gasteiger partial charge in [0.1, 0.15) is 10.8 Å². The molecule has 0 N–H and O–H groups in total. The smallest absolute Gasteiger partial charge is 0.139 e. The summed E-state index contributed by atoms with van der Waals surface area (Å²) in [6.07, 6.45) is 1.62. The number of hydrogen-bond acceptors (Lipinski definition) is 2. The van der Waals surface area contributed by atoms with Crippen LogP contribution in [0.2, 0.25) is 10.0 Å². The van der Waals surface area contributed by atoms with Crippen molar-refractivity contribution in [3.05, 3.63) is 34.4 Å². The largest absolute Gasteiger partial charge is 0.495 e. The fourth-order valence-corrected chi connectivity index (χ4v) is 1.79. The van der Waals surface area contributed by atoms with Gasteiger partial charge >= 0.3 is 0 Å². The number of hydrogen-bond donors (Lipinski definition) is 0. The van der Waals surface area contributed by atoms with E-state index in [-0.39, 0.29) is 0 Å². The number of pyridine rings is 1. The van der Waals surface area contributed by atoms with Gasteiger partial charge in [0.2, 0.25) is 0 Å². The first-order chi connectivity index (χ1) is 6.74. The number of benzene rings is 1. The van der Waals surface area contributed by atoms with E-state index in [2.05, 4.69) is 4.98 Å². The number of fused-ring (bicyclic) bond motifs is 1. The third kappa shape index (κ3) is 1.41. The van der Waals surface area contributed by atoms with Gasteiger partial charge in [-0.25, -0.2) is 0 Å². The predicted molar refractivity (Wildman–Crippen MR) is 58.3 cm³/mol. The van der Waals surface area contributed by atoms with Crippen LogP contribution in [-0.4, -0.2) is 12.1 Å². The molecule has 72 valence electrons. The quantitative estimate of drug-likeness (QED) is 0.744. The Morgan fingerprint density at radius 2 is 2.00 bits per heavy atom. The summed E-state index contributed by atoms with van der Waals surface area (Å²) in [5.41, 5.74) is 0.665. The molecule has 1 heterocycles. The van der Waals surface area contributed by atoms with Crippen molar-refractivity contribution in [2.45, 2.75) is 0 Å². The molecular formula is C10H7Cl2NO. The molecule has 0 aliphatic heterocycles. The summed E-state index contributed by atoms with van der Waals surface area (Å²) in [6.45, 7) is 0. The van der Waals surface area contributed by atoms with Crippen LogP contribution in [0.5, 0.6) is 5.75 Å². The lowest BCUT2D eigenvalue weighted by molar-refractivity contribution is 0.415. The number of halogens is 2. The minimum absolute atomic E-state index is 0.493. The third-order valence-corrected chi connectivity index (χ3v) is 2.68. The highest BCUT2D eigenvalue weighted by atomic mass is 35.5. The van der Waals surface area contributed by atoms with Crippen molar-refractivity contribution < 1.29 is 4.74 Å². The molecule has 0 spiro atoms. The number of rotatable bonds is 1. The Hall–Kier alpha value is -0.990. The second-order valence-electron chi connectivity index (χ2n) is 2.77.